The third-order valence-corrected chi connectivity index (χ3v) is 7.34. The number of hydrogen-bond donors (Lipinski definition) is 0. The highest BCUT2D eigenvalue weighted by Gasteiger charge is 2.52. The smallest absolute Gasteiger partial charge is 0.303 e. The van der Waals surface area contributed by atoms with Gasteiger partial charge in [-0.05, 0) is 18.2 Å². The van der Waals surface area contributed by atoms with Crippen LogP contribution in [0.25, 0.3) is 11.3 Å². The Labute approximate surface area is 251 Å². The quantitative estimate of drug-likeness (QED) is 0.200. The number of nitrogens with zero attached hydrogens (tertiary/aromatic N) is 5. The van der Waals surface area contributed by atoms with Crippen LogP contribution in [-0.4, -0.2) is 68.2 Å². The Balaban J connectivity index is 1.82. The SMILES string of the molecule is CC(=O)OCC1O[C@H](Sc2cc(Cl)c(C#N)cn2)C(OC(C)=O)C(n2cc(-c3cc(F)c(F)c(F)c3)nn2)[C@H]1OC(C)=O. The van der Waals surface area contributed by atoms with Gasteiger partial charge in [-0.15, -0.1) is 5.10 Å². The van der Waals surface area contributed by atoms with Crippen molar-refractivity contribution in [1.29, 1.82) is 5.26 Å². The average molecular weight is 640 g/mol. The van der Waals surface area contributed by atoms with Gasteiger partial charge in [0.25, 0.3) is 0 Å². The molecule has 226 valence electrons. The highest BCUT2D eigenvalue weighted by molar-refractivity contribution is 7.99. The van der Waals surface area contributed by atoms with Gasteiger partial charge in [0.05, 0.1) is 16.8 Å². The van der Waals surface area contributed by atoms with Crippen LogP contribution in [-0.2, 0) is 33.3 Å². The minimum atomic E-state index is -1.67. The molecule has 3 heterocycles. The molecule has 3 unspecified atom stereocenters. The lowest BCUT2D eigenvalue weighted by atomic mass is 9.96. The van der Waals surface area contributed by atoms with Gasteiger partial charge in [-0.25, -0.2) is 22.8 Å². The number of ether oxygens (including phenoxy) is 4. The van der Waals surface area contributed by atoms with Crippen molar-refractivity contribution < 1.29 is 46.5 Å². The molecule has 0 amide bonds. The lowest BCUT2D eigenvalue weighted by molar-refractivity contribution is -0.212. The number of nitriles is 1. The predicted octanol–water partition coefficient (Wildman–Crippen LogP) is 3.77. The van der Waals surface area contributed by atoms with Crippen molar-refractivity contribution in [1.82, 2.24) is 20.0 Å². The fourth-order valence-electron chi connectivity index (χ4n) is 4.22. The fraction of sp³-hybridized carbons (Fsp3) is 0.346. The Kier molecular flexibility index (Phi) is 9.89. The molecule has 0 aliphatic carbocycles. The Morgan fingerprint density at radius 2 is 1.72 bits per heavy atom. The number of carbonyl (C=O) groups is 3. The van der Waals surface area contributed by atoms with Crippen LogP contribution in [0, 0.1) is 28.8 Å². The second-order valence-corrected chi connectivity index (χ2v) is 10.6. The zero-order valence-corrected chi connectivity index (χ0v) is 24.1. The highest BCUT2D eigenvalue weighted by Crippen LogP contribution is 2.41. The molecule has 12 nitrogen and oxygen atoms in total. The molecular formula is C26H21ClF3N5O7S. The number of rotatable bonds is 8. The summed E-state index contributed by atoms with van der Waals surface area (Å²) in [7, 11) is 0. The van der Waals surface area contributed by atoms with Crippen LogP contribution >= 0.6 is 23.4 Å². The van der Waals surface area contributed by atoms with E-state index in [-0.39, 0.29) is 26.9 Å². The molecule has 17 heteroatoms. The molecule has 4 rings (SSSR count). The van der Waals surface area contributed by atoms with Crippen LogP contribution in [0.2, 0.25) is 5.02 Å². The minimum Gasteiger partial charge on any atom is -0.463 e. The highest BCUT2D eigenvalue weighted by atomic mass is 35.5. The first-order valence-electron chi connectivity index (χ1n) is 12.3. The van der Waals surface area contributed by atoms with Gasteiger partial charge in [0.2, 0.25) is 0 Å². The van der Waals surface area contributed by atoms with Crippen molar-refractivity contribution >= 4 is 41.3 Å². The first-order valence-corrected chi connectivity index (χ1v) is 13.6. The van der Waals surface area contributed by atoms with Crippen LogP contribution in [0.4, 0.5) is 13.2 Å². The first-order chi connectivity index (χ1) is 20.4. The van der Waals surface area contributed by atoms with E-state index in [2.05, 4.69) is 15.3 Å². The number of pyridine rings is 1. The van der Waals surface area contributed by atoms with Crippen molar-refractivity contribution in [2.45, 2.75) is 55.6 Å². The number of carbonyl (C=O) groups excluding carboxylic acids is 3. The summed E-state index contributed by atoms with van der Waals surface area (Å²) in [6.45, 7) is 2.98. The van der Waals surface area contributed by atoms with Crippen LogP contribution < -0.4 is 0 Å². The summed E-state index contributed by atoms with van der Waals surface area (Å²) >= 11 is 7.09. The minimum absolute atomic E-state index is 0.0883. The van der Waals surface area contributed by atoms with Crippen molar-refractivity contribution in [2.24, 2.45) is 0 Å². The Bertz CT molecular complexity index is 1580. The van der Waals surface area contributed by atoms with E-state index in [0.717, 1.165) is 37.2 Å². The van der Waals surface area contributed by atoms with E-state index >= 15 is 0 Å². The monoisotopic (exact) mass is 639 g/mol. The van der Waals surface area contributed by atoms with Gasteiger partial charge in [0, 0.05) is 32.5 Å². The summed E-state index contributed by atoms with van der Waals surface area (Å²) in [6, 6.07) is 3.48. The topological polar surface area (TPSA) is 156 Å². The molecule has 1 fully saturated rings. The van der Waals surface area contributed by atoms with E-state index < -0.39 is 71.8 Å². The van der Waals surface area contributed by atoms with Gasteiger partial charge in [-0.2, -0.15) is 5.26 Å². The van der Waals surface area contributed by atoms with Gasteiger partial charge in [-0.3, -0.25) is 14.4 Å². The van der Waals surface area contributed by atoms with E-state index in [1.165, 1.54) is 18.5 Å². The van der Waals surface area contributed by atoms with Gasteiger partial charge >= 0.3 is 17.9 Å². The number of thioether (sulfide) groups is 1. The maximum absolute atomic E-state index is 14.0. The van der Waals surface area contributed by atoms with Crippen molar-refractivity contribution in [2.75, 3.05) is 6.61 Å². The molecule has 0 radical (unpaired) electrons. The second-order valence-electron chi connectivity index (χ2n) is 9.05. The van der Waals surface area contributed by atoms with Crippen LogP contribution in [0.15, 0.2) is 35.6 Å². The zero-order chi connectivity index (χ0) is 31.4. The molecule has 0 saturated carbocycles. The molecule has 2 aromatic heterocycles. The van der Waals surface area contributed by atoms with E-state index in [9.17, 15) is 32.8 Å². The van der Waals surface area contributed by atoms with Crippen LogP contribution in [0.5, 0.6) is 0 Å². The normalized spacial score (nSPS) is 21.5. The second kappa shape index (κ2) is 13.4. The Morgan fingerprint density at radius 3 is 2.30 bits per heavy atom. The molecule has 43 heavy (non-hydrogen) atoms. The van der Waals surface area contributed by atoms with Gasteiger partial charge in [0.15, 0.2) is 29.7 Å². The lowest BCUT2D eigenvalue weighted by Crippen LogP contribution is -2.57. The first kappa shape index (κ1) is 31.7. The standard InChI is InChI=1S/C26H21ClF3N5O7S/c1-11(36)39-10-20-24(40-12(2)37)23(35-9-19(33-34-35)14-4-17(28)22(30)18(29)5-14)25(41-13(3)38)26(42-20)43-21-6-16(27)15(7-31)8-32-21/h4-6,8-9,20,23-26H,10H2,1-3H3/t20?,23?,24-,25?,26+/m0/s1. The van der Waals surface area contributed by atoms with E-state index in [1.807, 2.05) is 6.07 Å². The molecule has 0 N–H and O–H groups in total. The average Bonchev–Trinajstić information content (AvgIpc) is 3.41. The number of benzene rings is 1. The molecule has 0 spiro atoms. The molecule has 1 aromatic carbocycles. The van der Waals surface area contributed by atoms with Gasteiger partial charge in [-0.1, -0.05) is 28.6 Å². The van der Waals surface area contributed by atoms with E-state index in [4.69, 9.17) is 30.5 Å². The number of halogens is 4. The third kappa shape index (κ3) is 7.42. The lowest BCUT2D eigenvalue weighted by Gasteiger charge is -2.44. The van der Waals surface area contributed by atoms with E-state index in [1.54, 1.807) is 0 Å². The molecule has 0 bridgehead atoms. The predicted molar refractivity (Wildman–Crippen MR) is 141 cm³/mol. The van der Waals surface area contributed by atoms with Crippen LogP contribution in [0.1, 0.15) is 32.4 Å². The third-order valence-electron chi connectivity index (χ3n) is 5.95. The molecule has 5 atom stereocenters. The molecule has 3 aromatic rings. The van der Waals surface area contributed by atoms with E-state index in [0.29, 0.717) is 12.1 Å². The summed E-state index contributed by atoms with van der Waals surface area (Å²) in [5, 5.41) is 17.5. The Hall–Kier alpha value is -4.20. The van der Waals surface area contributed by atoms with Crippen LogP contribution in [0.3, 0.4) is 0 Å². The summed E-state index contributed by atoms with van der Waals surface area (Å²) in [6.07, 6.45) is -1.32. The summed E-state index contributed by atoms with van der Waals surface area (Å²) in [4.78, 5) is 40.3. The zero-order valence-electron chi connectivity index (χ0n) is 22.5. The van der Waals surface area contributed by atoms with Crippen molar-refractivity contribution in [3.8, 4) is 17.3 Å². The van der Waals surface area contributed by atoms with Crippen molar-refractivity contribution in [3.05, 3.63) is 58.6 Å². The summed E-state index contributed by atoms with van der Waals surface area (Å²) in [5.41, 5.74) is -1.29. The molecular weight excluding hydrogens is 619 g/mol. The molecule has 1 aliphatic rings. The number of hydrogen-bond acceptors (Lipinski definition) is 12. The van der Waals surface area contributed by atoms with Gasteiger partial charge in [0.1, 0.15) is 41.0 Å². The molecule has 1 aliphatic heterocycles. The number of aromatic nitrogens is 4. The maximum Gasteiger partial charge on any atom is 0.303 e. The number of esters is 3. The summed E-state index contributed by atoms with van der Waals surface area (Å²) < 4.78 is 65.0. The fourth-order valence-corrected chi connectivity index (χ4v) is 5.56. The molecule has 1 saturated heterocycles. The Morgan fingerprint density at radius 1 is 1.07 bits per heavy atom. The van der Waals surface area contributed by atoms with Crippen molar-refractivity contribution in [3.63, 3.8) is 0 Å². The maximum atomic E-state index is 14.0. The summed E-state index contributed by atoms with van der Waals surface area (Å²) in [5.74, 6) is -6.80. The van der Waals surface area contributed by atoms with Gasteiger partial charge < -0.3 is 18.9 Å². The largest absolute Gasteiger partial charge is 0.463 e.